The van der Waals surface area contributed by atoms with E-state index in [0.717, 1.165) is 28.0 Å². The average molecular weight is 367 g/mol. The fraction of sp³-hybridized carbons (Fsp3) is 0.263. The predicted molar refractivity (Wildman–Crippen MR) is 97.6 cm³/mol. The van der Waals surface area contributed by atoms with Gasteiger partial charge in [0.1, 0.15) is 5.75 Å². The second kappa shape index (κ2) is 7.87. The summed E-state index contributed by atoms with van der Waals surface area (Å²) in [7, 11) is 0. The summed E-state index contributed by atoms with van der Waals surface area (Å²) in [5.74, 6) is -0.242. The summed E-state index contributed by atoms with van der Waals surface area (Å²) >= 11 is 1.60. The van der Waals surface area contributed by atoms with Crippen molar-refractivity contribution in [3.8, 4) is 16.9 Å². The number of nitrogens with two attached hydrogens (primary N) is 1. The van der Waals surface area contributed by atoms with Gasteiger partial charge in [0.15, 0.2) is 0 Å². The smallest absolute Gasteiger partial charge is 0.406 e. The molecule has 0 aromatic heterocycles. The number of anilines is 1. The third-order valence-electron chi connectivity index (χ3n) is 3.73. The monoisotopic (exact) mass is 367 g/mol. The van der Waals surface area contributed by atoms with E-state index in [9.17, 15) is 13.2 Å². The molecule has 0 aliphatic rings. The molecule has 2 N–H and O–H groups in total. The lowest BCUT2D eigenvalue weighted by atomic mass is 10.00. The van der Waals surface area contributed by atoms with Crippen LogP contribution in [-0.2, 0) is 0 Å². The Morgan fingerprint density at radius 3 is 2.40 bits per heavy atom. The number of halogens is 3. The molecule has 2 rings (SSSR count). The highest BCUT2D eigenvalue weighted by atomic mass is 32.2. The molecule has 2 nitrogen and oxygen atoms in total. The van der Waals surface area contributed by atoms with Crippen LogP contribution in [0.5, 0.6) is 5.75 Å². The number of benzene rings is 2. The quantitative estimate of drug-likeness (QED) is 0.481. The van der Waals surface area contributed by atoms with Crippen LogP contribution in [0.25, 0.3) is 11.1 Å². The van der Waals surface area contributed by atoms with Crippen molar-refractivity contribution < 1.29 is 17.9 Å². The van der Waals surface area contributed by atoms with Crippen molar-refractivity contribution in [3.05, 3.63) is 52.9 Å². The van der Waals surface area contributed by atoms with Gasteiger partial charge in [0, 0.05) is 10.6 Å². The molecule has 2 aromatic rings. The maximum absolute atomic E-state index is 12.3. The van der Waals surface area contributed by atoms with Crippen LogP contribution in [0.2, 0.25) is 0 Å². The van der Waals surface area contributed by atoms with Crippen LogP contribution in [0.3, 0.4) is 0 Å². The maximum Gasteiger partial charge on any atom is 0.573 e. The number of allylic oxidation sites excluding steroid dienone is 1. The summed E-state index contributed by atoms with van der Waals surface area (Å²) in [6.07, 6.45) is -3.72. The van der Waals surface area contributed by atoms with Crippen LogP contribution >= 0.6 is 11.8 Å². The minimum atomic E-state index is -4.69. The number of thioether (sulfide) groups is 1. The van der Waals surface area contributed by atoms with Gasteiger partial charge in [0.05, 0.1) is 0 Å². The molecule has 0 saturated heterocycles. The highest BCUT2D eigenvalue weighted by Crippen LogP contribution is 2.36. The van der Waals surface area contributed by atoms with Crippen molar-refractivity contribution in [1.29, 1.82) is 0 Å². The van der Waals surface area contributed by atoms with E-state index in [-0.39, 0.29) is 5.75 Å². The molecular formula is C19H20F3NOS. The molecule has 0 aliphatic carbocycles. The number of hydrogen-bond donors (Lipinski definition) is 1. The summed E-state index contributed by atoms with van der Waals surface area (Å²) in [5.41, 5.74) is 10.6. The van der Waals surface area contributed by atoms with Gasteiger partial charge >= 0.3 is 6.36 Å². The summed E-state index contributed by atoms with van der Waals surface area (Å²) in [5, 5.41) is 2.09. The van der Waals surface area contributed by atoms with Gasteiger partial charge in [-0.05, 0) is 66.6 Å². The van der Waals surface area contributed by atoms with Gasteiger partial charge in [-0.1, -0.05) is 36.4 Å². The first kappa shape index (κ1) is 19.2. The van der Waals surface area contributed by atoms with Crippen LogP contribution in [0, 0.1) is 6.92 Å². The number of ether oxygens (including phenoxy) is 1. The van der Waals surface area contributed by atoms with Crippen molar-refractivity contribution in [2.45, 2.75) is 38.4 Å². The van der Waals surface area contributed by atoms with Crippen LogP contribution in [0.4, 0.5) is 18.9 Å². The Bertz CT molecular complexity index is 767. The zero-order chi connectivity index (χ0) is 18.6. The molecule has 0 unspecified atom stereocenters. The summed E-state index contributed by atoms with van der Waals surface area (Å²) in [6, 6.07) is 9.55. The largest absolute Gasteiger partial charge is 0.573 e. The van der Waals surface area contributed by atoms with Gasteiger partial charge in [-0.3, -0.25) is 0 Å². The van der Waals surface area contributed by atoms with Crippen molar-refractivity contribution in [1.82, 2.24) is 0 Å². The van der Waals surface area contributed by atoms with Gasteiger partial charge in [0.25, 0.3) is 0 Å². The second-order valence-corrected chi connectivity index (χ2v) is 6.61. The SMILES string of the molecule is CC/C(C)=C/Sc1cc(N)cc(-c2ccc(OC(F)(F)F)cc2)c1C. The van der Waals surface area contributed by atoms with Crippen molar-refractivity contribution in [2.24, 2.45) is 0 Å². The van der Waals surface area contributed by atoms with Gasteiger partial charge in [-0.15, -0.1) is 13.2 Å². The second-order valence-electron chi connectivity index (χ2n) is 5.70. The molecule has 0 spiro atoms. The Morgan fingerprint density at radius 2 is 1.84 bits per heavy atom. The summed E-state index contributed by atoms with van der Waals surface area (Å²) in [4.78, 5) is 1.03. The Hall–Kier alpha value is -2.08. The van der Waals surface area contributed by atoms with E-state index in [1.165, 1.54) is 17.7 Å². The number of rotatable bonds is 5. The molecule has 0 amide bonds. The Labute approximate surface area is 149 Å². The molecule has 2 aromatic carbocycles. The first-order valence-corrected chi connectivity index (χ1v) is 8.66. The van der Waals surface area contributed by atoms with E-state index < -0.39 is 6.36 Å². The maximum atomic E-state index is 12.3. The van der Waals surface area contributed by atoms with E-state index in [4.69, 9.17) is 5.73 Å². The summed E-state index contributed by atoms with van der Waals surface area (Å²) in [6.45, 7) is 6.13. The lowest BCUT2D eigenvalue weighted by molar-refractivity contribution is -0.274. The van der Waals surface area contributed by atoms with Crippen molar-refractivity contribution >= 4 is 17.4 Å². The first-order valence-electron chi connectivity index (χ1n) is 7.78. The van der Waals surface area contributed by atoms with Crippen molar-refractivity contribution in [2.75, 3.05) is 5.73 Å². The Balaban J connectivity index is 2.34. The molecule has 0 heterocycles. The van der Waals surface area contributed by atoms with Gasteiger partial charge in [0.2, 0.25) is 0 Å². The molecule has 134 valence electrons. The zero-order valence-corrected chi connectivity index (χ0v) is 15.1. The highest BCUT2D eigenvalue weighted by Gasteiger charge is 2.31. The molecule has 0 radical (unpaired) electrons. The number of alkyl halides is 3. The van der Waals surface area contributed by atoms with Crippen LogP contribution in [0.1, 0.15) is 25.8 Å². The molecule has 0 aliphatic heterocycles. The van der Waals surface area contributed by atoms with Crippen LogP contribution in [-0.4, -0.2) is 6.36 Å². The topological polar surface area (TPSA) is 35.2 Å². The Morgan fingerprint density at radius 1 is 1.20 bits per heavy atom. The standard InChI is InChI=1S/C19H20F3NOS/c1-4-12(2)11-25-18-10-15(23)9-17(13(18)3)14-5-7-16(8-6-14)24-19(20,21)22/h5-11H,4,23H2,1-3H3/b12-11+. The molecule has 0 atom stereocenters. The molecular weight excluding hydrogens is 347 g/mol. The molecule has 0 fully saturated rings. The zero-order valence-electron chi connectivity index (χ0n) is 14.3. The first-order chi connectivity index (χ1) is 11.7. The van der Waals surface area contributed by atoms with E-state index >= 15 is 0 Å². The van der Waals surface area contributed by atoms with Gasteiger partial charge < -0.3 is 10.5 Å². The van der Waals surface area contributed by atoms with Gasteiger partial charge in [-0.25, -0.2) is 0 Å². The van der Waals surface area contributed by atoms with E-state index in [2.05, 4.69) is 24.0 Å². The van der Waals surface area contributed by atoms with Gasteiger partial charge in [-0.2, -0.15) is 0 Å². The normalized spacial score (nSPS) is 12.3. The van der Waals surface area contributed by atoms with E-state index in [0.29, 0.717) is 5.69 Å². The third kappa shape index (κ3) is 5.46. The molecule has 25 heavy (non-hydrogen) atoms. The lowest BCUT2D eigenvalue weighted by Crippen LogP contribution is -2.16. The predicted octanol–water partition coefficient (Wildman–Crippen LogP) is 6.55. The fourth-order valence-corrected chi connectivity index (χ4v) is 3.20. The minimum Gasteiger partial charge on any atom is -0.406 e. The van der Waals surface area contributed by atoms with Crippen LogP contribution < -0.4 is 10.5 Å². The molecule has 0 saturated carbocycles. The molecule has 0 bridgehead atoms. The fourth-order valence-electron chi connectivity index (χ4n) is 2.21. The Kier molecular flexibility index (Phi) is 6.06. The third-order valence-corrected chi connectivity index (χ3v) is 4.92. The lowest BCUT2D eigenvalue weighted by Gasteiger charge is -2.13. The average Bonchev–Trinajstić information content (AvgIpc) is 2.54. The highest BCUT2D eigenvalue weighted by molar-refractivity contribution is 8.02. The van der Waals surface area contributed by atoms with E-state index in [1.807, 2.05) is 19.1 Å². The molecule has 6 heteroatoms. The van der Waals surface area contributed by atoms with Crippen LogP contribution in [0.15, 0.2) is 52.3 Å². The summed E-state index contributed by atoms with van der Waals surface area (Å²) < 4.78 is 40.7. The van der Waals surface area contributed by atoms with Crippen molar-refractivity contribution in [3.63, 3.8) is 0 Å². The number of hydrogen-bond acceptors (Lipinski definition) is 3. The van der Waals surface area contributed by atoms with E-state index in [1.54, 1.807) is 23.9 Å². The minimum absolute atomic E-state index is 0.242. The number of nitrogen functional groups attached to an aromatic ring is 1.